The molecule has 0 bridgehead atoms. The van der Waals surface area contributed by atoms with E-state index in [9.17, 15) is 17.7 Å². The summed E-state index contributed by atoms with van der Waals surface area (Å²) in [6.07, 6.45) is 4.97. The van der Waals surface area contributed by atoms with Crippen molar-refractivity contribution in [1.82, 2.24) is 0 Å². The first kappa shape index (κ1) is 17.4. The summed E-state index contributed by atoms with van der Waals surface area (Å²) in [7, 11) is 0. The number of ketones is 1. The summed E-state index contributed by atoms with van der Waals surface area (Å²) >= 11 is 0. The Hall–Kier alpha value is 0.381. The van der Waals surface area contributed by atoms with Gasteiger partial charge in [-0.15, -0.1) is 5.46 Å². The number of carbonyl (C=O) groups is 1. The van der Waals surface area contributed by atoms with Gasteiger partial charge in [-0.05, 0) is 12.8 Å². The molecule has 0 aliphatic heterocycles. The summed E-state index contributed by atoms with van der Waals surface area (Å²) in [6.45, 7) is -4.97. The van der Waals surface area contributed by atoms with Crippen molar-refractivity contribution in [3.05, 3.63) is 29.8 Å². The Kier molecular flexibility index (Phi) is 6.80. The van der Waals surface area contributed by atoms with Gasteiger partial charge in [0.15, 0.2) is 5.78 Å². The normalized spacial score (nSPS) is 16.8. The Labute approximate surface area is 153 Å². The molecule has 0 N–H and O–H groups in total. The van der Waals surface area contributed by atoms with Gasteiger partial charge >= 0.3 is 58.4 Å². The summed E-state index contributed by atoms with van der Waals surface area (Å²) < 4.78 is 37.4. The Bertz CT molecular complexity index is 425. The second-order valence-corrected chi connectivity index (χ2v) is 4.90. The molecule has 98 valence electrons. The molecular weight excluding hydrogens is 279 g/mol. The summed E-state index contributed by atoms with van der Waals surface area (Å²) in [5.74, 6) is -0.00285. The zero-order valence-corrected chi connectivity index (χ0v) is 14.2. The number of carbonyl (C=O) groups excluding carboxylic acids is 1. The molecule has 1 aliphatic carbocycles. The molecule has 19 heavy (non-hydrogen) atoms. The van der Waals surface area contributed by atoms with Gasteiger partial charge in [0.25, 0.3) is 0 Å². The van der Waals surface area contributed by atoms with Gasteiger partial charge in [0.2, 0.25) is 0 Å². The Morgan fingerprint density at radius 2 is 1.53 bits per heavy atom. The van der Waals surface area contributed by atoms with Gasteiger partial charge in [0, 0.05) is 11.5 Å². The number of halogens is 3. The minimum atomic E-state index is -4.97. The van der Waals surface area contributed by atoms with Crippen molar-refractivity contribution in [2.45, 2.75) is 32.1 Å². The SMILES string of the molecule is O=C(c1ccc([B-](F)(F)F)cc1)C1CCCCC1.[K+]. The smallest absolute Gasteiger partial charge is 0.445 e. The number of rotatable bonds is 3. The van der Waals surface area contributed by atoms with Crippen LogP contribution in [-0.2, 0) is 0 Å². The Morgan fingerprint density at radius 1 is 1.00 bits per heavy atom. The van der Waals surface area contributed by atoms with Crippen molar-refractivity contribution in [3.63, 3.8) is 0 Å². The maximum Gasteiger partial charge on any atom is 1.00 e. The molecule has 0 saturated heterocycles. The molecule has 0 heterocycles. The van der Waals surface area contributed by atoms with Gasteiger partial charge in [-0.3, -0.25) is 4.79 Å². The predicted octanol–water partition coefficient (Wildman–Crippen LogP) is 0.508. The van der Waals surface area contributed by atoms with Crippen LogP contribution in [0.3, 0.4) is 0 Å². The Balaban J connectivity index is 0.00000180. The van der Waals surface area contributed by atoms with Crippen molar-refractivity contribution in [2.75, 3.05) is 0 Å². The second kappa shape index (κ2) is 7.41. The first-order valence-corrected chi connectivity index (χ1v) is 6.32. The number of hydrogen-bond donors (Lipinski definition) is 0. The van der Waals surface area contributed by atoms with E-state index in [1.54, 1.807) is 0 Å². The van der Waals surface area contributed by atoms with E-state index in [2.05, 4.69) is 0 Å². The largest absolute Gasteiger partial charge is 1.00 e. The van der Waals surface area contributed by atoms with Crippen LogP contribution in [0.1, 0.15) is 42.5 Å². The van der Waals surface area contributed by atoms with Gasteiger partial charge in [-0.2, -0.15) is 0 Å². The molecule has 0 amide bonds. The van der Waals surface area contributed by atoms with Crippen LogP contribution in [0.15, 0.2) is 24.3 Å². The number of benzene rings is 1. The van der Waals surface area contributed by atoms with Crippen LogP contribution in [0, 0.1) is 5.92 Å². The van der Waals surface area contributed by atoms with Crippen molar-refractivity contribution in [1.29, 1.82) is 0 Å². The standard InChI is InChI=1S/C13H15BF3O.K/c15-14(16,17)12-8-6-11(7-9-12)13(18)10-4-2-1-3-5-10;/h6-10H,1-5H2;/q-1;+1. The third kappa shape index (κ3) is 4.70. The fraction of sp³-hybridized carbons (Fsp3) is 0.462. The van der Waals surface area contributed by atoms with Gasteiger partial charge < -0.3 is 12.9 Å². The molecule has 0 aromatic heterocycles. The van der Waals surface area contributed by atoms with Crippen LogP contribution >= 0.6 is 0 Å². The molecule has 0 radical (unpaired) electrons. The first-order valence-electron chi connectivity index (χ1n) is 6.32. The summed E-state index contributed by atoms with van der Waals surface area (Å²) in [4.78, 5) is 12.1. The zero-order chi connectivity index (χ0) is 13.2. The molecular formula is C13H15BF3KO. The van der Waals surface area contributed by atoms with E-state index in [0.717, 1.165) is 44.2 Å². The summed E-state index contributed by atoms with van der Waals surface area (Å²) in [5, 5.41) is 0. The molecule has 0 unspecified atom stereocenters. The molecule has 1 nitrogen and oxygen atoms in total. The minimum absolute atomic E-state index is 0. The van der Waals surface area contributed by atoms with Gasteiger partial charge in [0.05, 0.1) is 0 Å². The van der Waals surface area contributed by atoms with Gasteiger partial charge in [-0.1, -0.05) is 43.5 Å². The van der Waals surface area contributed by atoms with Gasteiger partial charge in [-0.25, -0.2) is 0 Å². The summed E-state index contributed by atoms with van der Waals surface area (Å²) in [6, 6.07) is 4.63. The predicted molar refractivity (Wildman–Crippen MR) is 66.1 cm³/mol. The molecule has 1 aromatic carbocycles. The average Bonchev–Trinajstić information content (AvgIpc) is 2.38. The maximum absolute atomic E-state index is 12.5. The molecule has 0 atom stereocenters. The fourth-order valence-electron chi connectivity index (χ4n) is 2.47. The van der Waals surface area contributed by atoms with Crippen LogP contribution in [-0.4, -0.2) is 12.8 Å². The molecule has 6 heteroatoms. The molecule has 1 aliphatic rings. The van der Waals surface area contributed by atoms with E-state index in [-0.39, 0.29) is 63.1 Å². The maximum atomic E-state index is 12.5. The third-order valence-electron chi connectivity index (χ3n) is 3.55. The van der Waals surface area contributed by atoms with Crippen molar-refractivity contribution in [2.24, 2.45) is 5.92 Å². The van der Waals surface area contributed by atoms with Crippen LogP contribution in [0.25, 0.3) is 0 Å². The number of Topliss-reactive ketones (excluding diaryl/α,β-unsaturated/α-hetero) is 1. The topological polar surface area (TPSA) is 17.1 Å². The van der Waals surface area contributed by atoms with E-state index in [1.165, 1.54) is 12.1 Å². The molecule has 1 saturated carbocycles. The quantitative estimate of drug-likeness (QED) is 0.586. The van der Waals surface area contributed by atoms with Crippen molar-refractivity contribution >= 4 is 18.2 Å². The van der Waals surface area contributed by atoms with Crippen molar-refractivity contribution in [3.8, 4) is 0 Å². The van der Waals surface area contributed by atoms with E-state index >= 15 is 0 Å². The minimum Gasteiger partial charge on any atom is -0.445 e. The van der Waals surface area contributed by atoms with Crippen LogP contribution in [0.4, 0.5) is 12.9 Å². The summed E-state index contributed by atoms with van der Waals surface area (Å²) in [5.41, 5.74) is -0.235. The van der Waals surface area contributed by atoms with Crippen LogP contribution in [0.2, 0.25) is 0 Å². The second-order valence-electron chi connectivity index (χ2n) is 4.90. The van der Waals surface area contributed by atoms with E-state index in [4.69, 9.17) is 0 Å². The Morgan fingerprint density at radius 3 is 2.00 bits per heavy atom. The van der Waals surface area contributed by atoms with E-state index in [0.29, 0.717) is 5.56 Å². The molecule has 1 fully saturated rings. The van der Waals surface area contributed by atoms with E-state index in [1.807, 2.05) is 0 Å². The van der Waals surface area contributed by atoms with Crippen molar-refractivity contribution < 1.29 is 69.1 Å². The monoisotopic (exact) mass is 294 g/mol. The van der Waals surface area contributed by atoms with Gasteiger partial charge in [0.1, 0.15) is 0 Å². The van der Waals surface area contributed by atoms with Crippen LogP contribution < -0.4 is 56.8 Å². The van der Waals surface area contributed by atoms with E-state index < -0.39 is 12.4 Å². The first-order chi connectivity index (χ1) is 8.48. The fourth-order valence-corrected chi connectivity index (χ4v) is 2.47. The number of hydrogen-bond acceptors (Lipinski definition) is 1. The molecule has 1 aromatic rings. The molecule has 2 rings (SSSR count). The molecule has 0 spiro atoms. The zero-order valence-electron chi connectivity index (χ0n) is 11.0. The third-order valence-corrected chi connectivity index (χ3v) is 3.55. The average molecular weight is 294 g/mol. The van der Waals surface area contributed by atoms with Crippen LogP contribution in [0.5, 0.6) is 0 Å².